The molecule has 0 saturated carbocycles. The average Bonchev–Trinajstić information content (AvgIpc) is 3.19. The first-order valence-electron chi connectivity index (χ1n) is 11.2. The predicted octanol–water partition coefficient (Wildman–Crippen LogP) is 5.24. The standard InChI is InChI=1S/C25H29N7O2S/c1-16(2)25-30-24(15-32(25)5)35(33,34)31-21-12-10-20(11-13-21)29-23-14-22(26-18(4)27-23)28-19-8-6-17(3)7-9-19/h6-16,31H,1-5H3,(H2,26,27,28,29). The Balaban J connectivity index is 1.46. The third kappa shape index (κ3) is 5.96. The van der Waals surface area contributed by atoms with Gasteiger partial charge in [-0.2, -0.15) is 8.42 Å². The lowest BCUT2D eigenvalue weighted by Gasteiger charge is -2.11. The van der Waals surface area contributed by atoms with E-state index in [1.54, 1.807) is 35.9 Å². The summed E-state index contributed by atoms with van der Waals surface area (Å²) in [6, 6.07) is 16.8. The number of anilines is 5. The van der Waals surface area contributed by atoms with E-state index < -0.39 is 10.0 Å². The van der Waals surface area contributed by atoms with Gasteiger partial charge in [-0.15, -0.1) is 0 Å². The number of benzene rings is 2. The van der Waals surface area contributed by atoms with Crippen LogP contribution in [0.5, 0.6) is 0 Å². The maximum absolute atomic E-state index is 12.8. The molecule has 0 fully saturated rings. The largest absolute Gasteiger partial charge is 0.340 e. The molecule has 4 rings (SSSR count). The number of hydrogen-bond acceptors (Lipinski definition) is 7. The molecule has 10 heteroatoms. The summed E-state index contributed by atoms with van der Waals surface area (Å²) in [5.41, 5.74) is 3.31. The van der Waals surface area contributed by atoms with Crippen molar-refractivity contribution >= 4 is 38.7 Å². The summed E-state index contributed by atoms with van der Waals surface area (Å²) in [6.45, 7) is 7.81. The van der Waals surface area contributed by atoms with Crippen molar-refractivity contribution in [3.05, 3.63) is 78.0 Å². The summed E-state index contributed by atoms with van der Waals surface area (Å²) < 4.78 is 29.9. The summed E-state index contributed by atoms with van der Waals surface area (Å²) in [4.78, 5) is 13.2. The number of nitrogens with one attached hydrogen (secondary N) is 3. The lowest BCUT2D eigenvalue weighted by molar-refractivity contribution is 0.597. The lowest BCUT2D eigenvalue weighted by atomic mass is 10.2. The van der Waals surface area contributed by atoms with Crippen molar-refractivity contribution in [3.63, 3.8) is 0 Å². The van der Waals surface area contributed by atoms with Crippen LogP contribution in [0.2, 0.25) is 0 Å². The van der Waals surface area contributed by atoms with Gasteiger partial charge in [-0.3, -0.25) is 4.72 Å². The van der Waals surface area contributed by atoms with Gasteiger partial charge < -0.3 is 15.2 Å². The minimum Gasteiger partial charge on any atom is -0.340 e. The van der Waals surface area contributed by atoms with E-state index in [2.05, 4.69) is 30.3 Å². The molecule has 0 spiro atoms. The molecule has 0 saturated heterocycles. The topological polar surface area (TPSA) is 114 Å². The fourth-order valence-electron chi connectivity index (χ4n) is 3.58. The Morgan fingerprint density at radius 2 is 1.31 bits per heavy atom. The van der Waals surface area contributed by atoms with Crippen LogP contribution in [0.25, 0.3) is 0 Å². The van der Waals surface area contributed by atoms with Gasteiger partial charge in [-0.1, -0.05) is 31.5 Å². The molecule has 35 heavy (non-hydrogen) atoms. The molecular formula is C25H29N7O2S. The Kier molecular flexibility index (Phi) is 6.74. The molecule has 0 aliphatic rings. The molecule has 0 atom stereocenters. The number of nitrogens with zero attached hydrogens (tertiary/aromatic N) is 4. The van der Waals surface area contributed by atoms with Crippen LogP contribution in [0.4, 0.5) is 28.7 Å². The van der Waals surface area contributed by atoms with Crippen molar-refractivity contribution in [1.29, 1.82) is 0 Å². The average molecular weight is 492 g/mol. The van der Waals surface area contributed by atoms with Gasteiger partial charge in [0.2, 0.25) is 0 Å². The Hall–Kier alpha value is -3.92. The number of hydrogen-bond donors (Lipinski definition) is 3. The molecule has 0 aliphatic carbocycles. The van der Waals surface area contributed by atoms with Crippen molar-refractivity contribution in [2.45, 2.75) is 38.6 Å². The highest BCUT2D eigenvalue weighted by atomic mass is 32.2. The number of imidazole rings is 1. The molecule has 0 amide bonds. The summed E-state index contributed by atoms with van der Waals surface area (Å²) in [5.74, 6) is 2.73. The second-order valence-corrected chi connectivity index (χ2v) is 10.3. The monoisotopic (exact) mass is 491 g/mol. The van der Waals surface area contributed by atoms with Crippen LogP contribution in [-0.4, -0.2) is 27.9 Å². The van der Waals surface area contributed by atoms with Crippen LogP contribution in [0, 0.1) is 13.8 Å². The maximum Gasteiger partial charge on any atom is 0.280 e. The number of sulfonamides is 1. The zero-order chi connectivity index (χ0) is 25.2. The first kappa shape index (κ1) is 24.2. The van der Waals surface area contributed by atoms with E-state index in [1.165, 1.54) is 11.8 Å². The van der Waals surface area contributed by atoms with Gasteiger partial charge in [0, 0.05) is 42.3 Å². The zero-order valence-corrected chi connectivity index (χ0v) is 21.2. The van der Waals surface area contributed by atoms with Gasteiger partial charge in [0.1, 0.15) is 23.3 Å². The zero-order valence-electron chi connectivity index (χ0n) is 20.4. The van der Waals surface area contributed by atoms with Crippen molar-refractivity contribution in [3.8, 4) is 0 Å². The molecule has 9 nitrogen and oxygen atoms in total. The normalized spacial score (nSPS) is 11.5. The smallest absolute Gasteiger partial charge is 0.280 e. The summed E-state index contributed by atoms with van der Waals surface area (Å²) in [5, 5.41) is 6.52. The third-order valence-electron chi connectivity index (χ3n) is 5.25. The number of aromatic nitrogens is 4. The van der Waals surface area contributed by atoms with Gasteiger partial charge in [0.15, 0.2) is 5.03 Å². The van der Waals surface area contributed by atoms with Crippen LogP contribution in [0.1, 0.15) is 37.0 Å². The number of rotatable bonds is 8. The van der Waals surface area contributed by atoms with Crippen LogP contribution in [0.15, 0.2) is 65.8 Å². The third-order valence-corrected chi connectivity index (χ3v) is 6.51. The van der Waals surface area contributed by atoms with Crippen molar-refractivity contribution in [2.75, 3.05) is 15.4 Å². The van der Waals surface area contributed by atoms with Gasteiger partial charge in [0.25, 0.3) is 10.0 Å². The second-order valence-electron chi connectivity index (χ2n) is 8.69. The molecule has 4 aromatic rings. The van der Waals surface area contributed by atoms with E-state index in [0.717, 1.165) is 11.4 Å². The Morgan fingerprint density at radius 3 is 1.83 bits per heavy atom. The minimum atomic E-state index is -3.80. The van der Waals surface area contributed by atoms with Crippen molar-refractivity contribution in [2.24, 2.45) is 7.05 Å². The lowest BCUT2D eigenvalue weighted by Crippen LogP contribution is -2.13. The van der Waals surface area contributed by atoms with E-state index in [1.807, 2.05) is 58.0 Å². The molecule has 0 radical (unpaired) electrons. The SMILES string of the molecule is Cc1ccc(Nc2cc(Nc3ccc(NS(=O)(=O)c4cn(C)c(C(C)C)n4)cc3)nc(C)n2)cc1. The van der Waals surface area contributed by atoms with Crippen LogP contribution in [-0.2, 0) is 17.1 Å². The van der Waals surface area contributed by atoms with Gasteiger partial charge >= 0.3 is 0 Å². The molecule has 2 aromatic carbocycles. The highest BCUT2D eigenvalue weighted by molar-refractivity contribution is 7.92. The molecule has 0 unspecified atom stereocenters. The molecular weight excluding hydrogens is 462 g/mol. The molecule has 3 N–H and O–H groups in total. The van der Waals surface area contributed by atoms with Crippen molar-refractivity contribution < 1.29 is 8.42 Å². The second kappa shape index (κ2) is 9.75. The minimum absolute atomic E-state index is 0.00373. The molecule has 182 valence electrons. The Bertz CT molecular complexity index is 1430. The molecule has 0 bridgehead atoms. The molecule has 2 aromatic heterocycles. The van der Waals surface area contributed by atoms with E-state index in [0.29, 0.717) is 29.0 Å². The summed E-state index contributed by atoms with van der Waals surface area (Å²) in [6.07, 6.45) is 1.52. The maximum atomic E-state index is 12.8. The van der Waals surface area contributed by atoms with Crippen LogP contribution < -0.4 is 15.4 Å². The van der Waals surface area contributed by atoms with E-state index >= 15 is 0 Å². The summed E-state index contributed by atoms with van der Waals surface area (Å²) in [7, 11) is -2.01. The van der Waals surface area contributed by atoms with Crippen molar-refractivity contribution in [1.82, 2.24) is 19.5 Å². The molecule has 0 aliphatic heterocycles. The summed E-state index contributed by atoms with van der Waals surface area (Å²) >= 11 is 0. The van der Waals surface area contributed by atoms with Gasteiger partial charge in [-0.25, -0.2) is 15.0 Å². The predicted molar refractivity (Wildman–Crippen MR) is 139 cm³/mol. The molecule has 2 heterocycles. The van der Waals surface area contributed by atoms with Gasteiger partial charge in [-0.05, 0) is 50.2 Å². The first-order chi connectivity index (χ1) is 16.6. The first-order valence-corrected chi connectivity index (χ1v) is 12.7. The fraction of sp³-hybridized carbons (Fsp3) is 0.240. The van der Waals surface area contributed by atoms with Gasteiger partial charge in [0.05, 0.1) is 0 Å². The van der Waals surface area contributed by atoms with Crippen LogP contribution >= 0.6 is 0 Å². The quantitative estimate of drug-likeness (QED) is 0.309. The van der Waals surface area contributed by atoms with E-state index in [-0.39, 0.29) is 10.9 Å². The Morgan fingerprint density at radius 1 is 0.800 bits per heavy atom. The van der Waals surface area contributed by atoms with Crippen LogP contribution in [0.3, 0.4) is 0 Å². The highest BCUT2D eigenvalue weighted by Crippen LogP contribution is 2.23. The van der Waals surface area contributed by atoms with E-state index in [4.69, 9.17) is 0 Å². The number of aryl methyl sites for hydroxylation is 3. The highest BCUT2D eigenvalue weighted by Gasteiger charge is 2.20. The van der Waals surface area contributed by atoms with E-state index in [9.17, 15) is 8.42 Å². The fourth-order valence-corrected chi connectivity index (χ4v) is 4.64. The Labute approximate surface area is 205 Å².